The van der Waals surface area contributed by atoms with Gasteiger partial charge in [-0.3, -0.25) is 0 Å². The van der Waals surface area contributed by atoms with Gasteiger partial charge >= 0.3 is 0 Å². The van der Waals surface area contributed by atoms with Crippen LogP contribution in [-0.2, 0) is 0 Å². The van der Waals surface area contributed by atoms with Crippen molar-refractivity contribution in [1.82, 2.24) is 0 Å². The Kier molecular flexibility index (Phi) is 2.67. The van der Waals surface area contributed by atoms with Crippen LogP contribution in [0.4, 0.5) is 8.78 Å². The molecule has 10 heavy (non-hydrogen) atoms. The fourth-order valence-electron chi connectivity index (χ4n) is 1.49. The predicted molar refractivity (Wildman–Crippen MR) is 40.7 cm³/mol. The van der Waals surface area contributed by atoms with Gasteiger partial charge in [0.05, 0.1) is 0 Å². The summed E-state index contributed by atoms with van der Waals surface area (Å²) in [5.41, 5.74) is -0.681. The Morgan fingerprint density at radius 1 is 1.30 bits per heavy atom. The molecule has 0 aromatic carbocycles. The van der Waals surface area contributed by atoms with E-state index < -0.39 is 11.8 Å². The summed E-state index contributed by atoms with van der Waals surface area (Å²) in [6, 6.07) is 0. The number of hydrogen-bond donors (Lipinski definition) is 0. The Labute approximate surface area is 68.1 Å². The average Bonchev–Trinajstić information content (AvgIpc) is 2.35. The summed E-state index contributed by atoms with van der Waals surface area (Å²) >= 11 is 3.15. The largest absolute Gasteiger partial charge is 0.244 e. The van der Waals surface area contributed by atoms with Crippen molar-refractivity contribution in [2.45, 2.75) is 32.1 Å². The van der Waals surface area contributed by atoms with Crippen LogP contribution in [0.25, 0.3) is 0 Å². The van der Waals surface area contributed by atoms with E-state index in [2.05, 4.69) is 15.9 Å². The molecule has 0 spiro atoms. The van der Waals surface area contributed by atoms with Gasteiger partial charge in [0.2, 0.25) is 6.43 Å². The first kappa shape index (κ1) is 8.44. The van der Waals surface area contributed by atoms with E-state index in [1.165, 1.54) is 0 Å². The summed E-state index contributed by atoms with van der Waals surface area (Å²) in [6.45, 7) is 0. The van der Waals surface area contributed by atoms with Crippen LogP contribution in [0.1, 0.15) is 25.7 Å². The number of alkyl halides is 3. The van der Waals surface area contributed by atoms with Gasteiger partial charge in [-0.2, -0.15) is 0 Å². The van der Waals surface area contributed by atoms with Crippen molar-refractivity contribution in [3.63, 3.8) is 0 Å². The molecule has 1 aliphatic carbocycles. The lowest BCUT2D eigenvalue weighted by atomic mass is 9.90. The highest BCUT2D eigenvalue weighted by Crippen LogP contribution is 2.44. The van der Waals surface area contributed by atoms with E-state index in [4.69, 9.17) is 0 Å². The second-order valence-corrected chi connectivity index (χ2v) is 3.56. The third-order valence-electron chi connectivity index (χ3n) is 2.33. The van der Waals surface area contributed by atoms with Crippen LogP contribution in [0.15, 0.2) is 0 Å². The van der Waals surface area contributed by atoms with Crippen molar-refractivity contribution in [3.8, 4) is 0 Å². The maximum atomic E-state index is 12.4. The zero-order valence-corrected chi connectivity index (χ0v) is 7.33. The molecular formula is C7H11BrF2. The highest BCUT2D eigenvalue weighted by molar-refractivity contribution is 9.09. The Bertz CT molecular complexity index is 108. The van der Waals surface area contributed by atoms with E-state index in [9.17, 15) is 8.78 Å². The van der Waals surface area contributed by atoms with Gasteiger partial charge in [0, 0.05) is 10.7 Å². The first-order chi connectivity index (χ1) is 4.71. The van der Waals surface area contributed by atoms with Crippen molar-refractivity contribution in [3.05, 3.63) is 0 Å². The van der Waals surface area contributed by atoms with Crippen LogP contribution in [0.3, 0.4) is 0 Å². The lowest BCUT2D eigenvalue weighted by Gasteiger charge is -2.24. The van der Waals surface area contributed by atoms with Crippen LogP contribution < -0.4 is 0 Å². The van der Waals surface area contributed by atoms with Crippen LogP contribution in [0.5, 0.6) is 0 Å². The van der Waals surface area contributed by atoms with Crippen molar-refractivity contribution in [2.24, 2.45) is 5.41 Å². The zero-order chi connectivity index (χ0) is 7.61. The second kappa shape index (κ2) is 3.16. The standard InChI is InChI=1S/C7H11BrF2/c8-5-7(6(9)10)3-1-2-4-7/h6H,1-5H2. The SMILES string of the molecule is FC(F)C1(CBr)CCCC1. The molecule has 0 atom stereocenters. The molecular weight excluding hydrogens is 202 g/mol. The molecule has 3 heteroatoms. The summed E-state index contributed by atoms with van der Waals surface area (Å²) in [4.78, 5) is 0. The van der Waals surface area contributed by atoms with Gasteiger partial charge in [-0.15, -0.1) is 0 Å². The topological polar surface area (TPSA) is 0 Å². The fraction of sp³-hybridized carbons (Fsp3) is 1.00. The average molecular weight is 213 g/mol. The molecule has 1 fully saturated rings. The highest BCUT2D eigenvalue weighted by Gasteiger charge is 2.41. The molecule has 0 aliphatic heterocycles. The van der Waals surface area contributed by atoms with E-state index in [-0.39, 0.29) is 0 Å². The summed E-state index contributed by atoms with van der Waals surface area (Å²) in [5.74, 6) is 0. The molecule has 1 rings (SSSR count). The van der Waals surface area contributed by atoms with Gasteiger partial charge < -0.3 is 0 Å². The molecule has 60 valence electrons. The predicted octanol–water partition coefficient (Wildman–Crippen LogP) is 3.21. The minimum atomic E-state index is -2.14. The Morgan fingerprint density at radius 3 is 2.00 bits per heavy atom. The number of rotatable bonds is 2. The summed E-state index contributed by atoms with van der Waals surface area (Å²) in [6.07, 6.45) is 1.17. The van der Waals surface area contributed by atoms with Crippen molar-refractivity contribution >= 4 is 15.9 Å². The third kappa shape index (κ3) is 1.34. The van der Waals surface area contributed by atoms with Crippen LogP contribution in [0, 0.1) is 5.41 Å². The molecule has 0 unspecified atom stereocenters. The maximum absolute atomic E-state index is 12.4. The first-order valence-electron chi connectivity index (χ1n) is 3.55. The fourth-order valence-corrected chi connectivity index (χ4v) is 2.29. The molecule has 0 saturated heterocycles. The Balaban J connectivity index is 2.58. The summed E-state index contributed by atoms with van der Waals surface area (Å²) in [7, 11) is 0. The zero-order valence-electron chi connectivity index (χ0n) is 5.75. The van der Waals surface area contributed by atoms with Crippen molar-refractivity contribution in [2.75, 3.05) is 5.33 Å². The first-order valence-corrected chi connectivity index (χ1v) is 4.67. The van der Waals surface area contributed by atoms with Gasteiger partial charge in [-0.1, -0.05) is 28.8 Å². The molecule has 0 heterocycles. The van der Waals surface area contributed by atoms with E-state index in [1.807, 2.05) is 0 Å². The molecule has 1 aliphatic rings. The van der Waals surface area contributed by atoms with Gasteiger partial charge in [0.1, 0.15) is 0 Å². The van der Waals surface area contributed by atoms with Gasteiger partial charge in [0.25, 0.3) is 0 Å². The molecule has 0 bridgehead atoms. The van der Waals surface area contributed by atoms with Crippen LogP contribution in [-0.4, -0.2) is 11.8 Å². The van der Waals surface area contributed by atoms with E-state index >= 15 is 0 Å². The van der Waals surface area contributed by atoms with Crippen molar-refractivity contribution < 1.29 is 8.78 Å². The minimum Gasteiger partial charge on any atom is -0.210 e. The maximum Gasteiger partial charge on any atom is 0.244 e. The lowest BCUT2D eigenvalue weighted by Crippen LogP contribution is -2.27. The van der Waals surface area contributed by atoms with E-state index in [0.717, 1.165) is 12.8 Å². The van der Waals surface area contributed by atoms with Gasteiger partial charge in [0.15, 0.2) is 0 Å². The van der Waals surface area contributed by atoms with E-state index in [1.54, 1.807) is 0 Å². The summed E-state index contributed by atoms with van der Waals surface area (Å²) in [5, 5.41) is 0.456. The molecule has 0 aromatic heterocycles. The smallest absolute Gasteiger partial charge is 0.210 e. The second-order valence-electron chi connectivity index (χ2n) is 3.00. The molecule has 1 saturated carbocycles. The minimum absolute atomic E-state index is 0.456. The highest BCUT2D eigenvalue weighted by atomic mass is 79.9. The number of halogens is 3. The molecule has 0 nitrogen and oxygen atoms in total. The number of hydrogen-bond acceptors (Lipinski definition) is 0. The molecule has 0 N–H and O–H groups in total. The lowest BCUT2D eigenvalue weighted by molar-refractivity contribution is 0.0162. The quantitative estimate of drug-likeness (QED) is 0.618. The van der Waals surface area contributed by atoms with Gasteiger partial charge in [-0.05, 0) is 12.8 Å². The Morgan fingerprint density at radius 2 is 1.80 bits per heavy atom. The molecule has 0 aromatic rings. The van der Waals surface area contributed by atoms with Crippen molar-refractivity contribution in [1.29, 1.82) is 0 Å². The molecule has 0 radical (unpaired) electrons. The monoisotopic (exact) mass is 212 g/mol. The Hall–Kier alpha value is 0.340. The van der Waals surface area contributed by atoms with Crippen LogP contribution in [0.2, 0.25) is 0 Å². The normalized spacial score (nSPS) is 24.0. The molecule has 0 amide bonds. The summed E-state index contributed by atoms with van der Waals surface area (Å²) < 4.78 is 24.7. The van der Waals surface area contributed by atoms with Gasteiger partial charge in [-0.25, -0.2) is 8.78 Å². The van der Waals surface area contributed by atoms with Crippen LogP contribution >= 0.6 is 15.9 Å². The third-order valence-corrected chi connectivity index (χ3v) is 3.45. The van der Waals surface area contributed by atoms with E-state index in [0.29, 0.717) is 18.2 Å².